The molecule has 0 unspecified atom stereocenters. The van der Waals surface area contributed by atoms with Crippen LogP contribution in [0.3, 0.4) is 0 Å². The van der Waals surface area contributed by atoms with E-state index >= 15 is 0 Å². The highest BCUT2D eigenvalue weighted by atomic mass is 16.7. The monoisotopic (exact) mass is 192 g/mol. The minimum Gasteiger partial charge on any atom is -0.353 e. The minimum absolute atomic E-state index is 0.00482. The average Bonchev–Trinajstić information content (AvgIpc) is 2.72. The fourth-order valence-electron chi connectivity index (χ4n) is 1.69. The largest absolute Gasteiger partial charge is 0.353 e. The summed E-state index contributed by atoms with van der Waals surface area (Å²) in [7, 11) is 0. The molecule has 2 rings (SSSR count). The molecule has 0 saturated carbocycles. The standard InChI is InChI=1S/C12H16O2/c1-10(11-6-3-2-4-7-11)14-12-8-5-9-13-12/h2-4,6-7,10,12H,5,8-9H2,1H3/t10-,12-/m1/s1. The molecule has 2 nitrogen and oxygen atoms in total. The van der Waals surface area contributed by atoms with Gasteiger partial charge in [0.2, 0.25) is 0 Å². The van der Waals surface area contributed by atoms with Gasteiger partial charge in [0.05, 0.1) is 6.10 Å². The summed E-state index contributed by atoms with van der Waals surface area (Å²) in [5, 5.41) is 0. The zero-order valence-corrected chi connectivity index (χ0v) is 8.48. The number of ether oxygens (including phenoxy) is 2. The Morgan fingerprint density at radius 1 is 1.36 bits per heavy atom. The van der Waals surface area contributed by atoms with E-state index in [0.717, 1.165) is 19.4 Å². The lowest BCUT2D eigenvalue weighted by Gasteiger charge is -2.17. The van der Waals surface area contributed by atoms with Gasteiger partial charge in [0.15, 0.2) is 6.29 Å². The molecule has 0 aromatic heterocycles. The maximum Gasteiger partial charge on any atom is 0.158 e. The molecule has 1 heterocycles. The summed E-state index contributed by atoms with van der Waals surface area (Å²) in [5.74, 6) is 0. The fourth-order valence-corrected chi connectivity index (χ4v) is 1.69. The van der Waals surface area contributed by atoms with Crippen LogP contribution in [0.4, 0.5) is 0 Å². The van der Waals surface area contributed by atoms with Crippen LogP contribution in [0.25, 0.3) is 0 Å². The first-order chi connectivity index (χ1) is 6.86. The van der Waals surface area contributed by atoms with E-state index < -0.39 is 0 Å². The molecule has 0 bridgehead atoms. The van der Waals surface area contributed by atoms with Crippen LogP contribution in [0, 0.1) is 0 Å². The highest BCUT2D eigenvalue weighted by Crippen LogP contribution is 2.23. The van der Waals surface area contributed by atoms with Gasteiger partial charge in [0, 0.05) is 13.0 Å². The van der Waals surface area contributed by atoms with Crippen molar-refractivity contribution < 1.29 is 9.47 Å². The third-order valence-electron chi connectivity index (χ3n) is 2.51. The topological polar surface area (TPSA) is 18.5 Å². The summed E-state index contributed by atoms with van der Waals surface area (Å²) in [6.07, 6.45) is 2.27. The van der Waals surface area contributed by atoms with Crippen molar-refractivity contribution in [2.75, 3.05) is 6.61 Å². The number of hydrogen-bond donors (Lipinski definition) is 0. The zero-order valence-electron chi connectivity index (χ0n) is 8.48. The zero-order chi connectivity index (χ0) is 9.80. The van der Waals surface area contributed by atoms with Gasteiger partial charge >= 0.3 is 0 Å². The van der Waals surface area contributed by atoms with Crippen LogP contribution >= 0.6 is 0 Å². The molecule has 2 heteroatoms. The molecule has 1 aromatic rings. The Morgan fingerprint density at radius 3 is 2.79 bits per heavy atom. The molecule has 1 saturated heterocycles. The first-order valence-corrected chi connectivity index (χ1v) is 5.18. The number of benzene rings is 1. The van der Waals surface area contributed by atoms with E-state index in [9.17, 15) is 0 Å². The Morgan fingerprint density at radius 2 is 2.14 bits per heavy atom. The maximum absolute atomic E-state index is 5.78. The van der Waals surface area contributed by atoms with Crippen LogP contribution < -0.4 is 0 Å². The van der Waals surface area contributed by atoms with E-state index in [4.69, 9.17) is 9.47 Å². The Kier molecular flexibility index (Phi) is 3.17. The maximum atomic E-state index is 5.78. The quantitative estimate of drug-likeness (QED) is 0.733. The molecule has 0 spiro atoms. The Bertz CT molecular complexity index is 265. The van der Waals surface area contributed by atoms with Crippen molar-refractivity contribution in [3.8, 4) is 0 Å². The fraction of sp³-hybridized carbons (Fsp3) is 0.500. The van der Waals surface area contributed by atoms with Gasteiger partial charge in [-0.1, -0.05) is 30.3 Å². The van der Waals surface area contributed by atoms with Crippen LogP contribution in [-0.2, 0) is 9.47 Å². The van der Waals surface area contributed by atoms with Gasteiger partial charge in [0.25, 0.3) is 0 Å². The Balaban J connectivity index is 1.92. The SMILES string of the molecule is C[C@@H](O[C@@H]1CCCO1)c1ccccc1. The molecule has 1 aromatic carbocycles. The smallest absolute Gasteiger partial charge is 0.158 e. The van der Waals surface area contributed by atoms with Crippen molar-refractivity contribution in [1.82, 2.24) is 0 Å². The first kappa shape index (κ1) is 9.69. The molecule has 1 aliphatic heterocycles. The molecule has 14 heavy (non-hydrogen) atoms. The van der Waals surface area contributed by atoms with Gasteiger partial charge in [0.1, 0.15) is 0 Å². The summed E-state index contributed by atoms with van der Waals surface area (Å²) >= 11 is 0. The lowest BCUT2D eigenvalue weighted by atomic mass is 10.1. The van der Waals surface area contributed by atoms with E-state index in [1.165, 1.54) is 5.56 Å². The van der Waals surface area contributed by atoms with Crippen molar-refractivity contribution in [3.63, 3.8) is 0 Å². The molecule has 1 aliphatic rings. The van der Waals surface area contributed by atoms with Crippen LogP contribution in [0.15, 0.2) is 30.3 Å². The second-order valence-electron chi connectivity index (χ2n) is 3.63. The molecular formula is C12H16O2. The lowest BCUT2D eigenvalue weighted by molar-refractivity contribution is -0.140. The second-order valence-corrected chi connectivity index (χ2v) is 3.63. The summed E-state index contributed by atoms with van der Waals surface area (Å²) in [4.78, 5) is 0. The highest BCUT2D eigenvalue weighted by molar-refractivity contribution is 5.16. The van der Waals surface area contributed by atoms with E-state index in [1.807, 2.05) is 18.2 Å². The van der Waals surface area contributed by atoms with Crippen molar-refractivity contribution in [2.24, 2.45) is 0 Å². The van der Waals surface area contributed by atoms with Crippen molar-refractivity contribution >= 4 is 0 Å². The van der Waals surface area contributed by atoms with Gasteiger partial charge in [-0.2, -0.15) is 0 Å². The number of hydrogen-bond acceptors (Lipinski definition) is 2. The molecule has 0 amide bonds. The van der Waals surface area contributed by atoms with Gasteiger partial charge in [-0.15, -0.1) is 0 Å². The Hall–Kier alpha value is -0.860. The lowest BCUT2D eigenvalue weighted by Crippen LogP contribution is -2.13. The summed E-state index contributed by atoms with van der Waals surface area (Å²) in [6.45, 7) is 2.91. The normalized spacial score (nSPS) is 23.6. The molecule has 2 atom stereocenters. The molecule has 0 radical (unpaired) electrons. The van der Waals surface area contributed by atoms with Gasteiger partial charge < -0.3 is 9.47 Å². The van der Waals surface area contributed by atoms with Crippen molar-refractivity contribution in [1.29, 1.82) is 0 Å². The Labute approximate surface area is 84.8 Å². The highest BCUT2D eigenvalue weighted by Gasteiger charge is 2.19. The van der Waals surface area contributed by atoms with Crippen LogP contribution in [0.5, 0.6) is 0 Å². The van der Waals surface area contributed by atoms with E-state index in [0.29, 0.717) is 0 Å². The van der Waals surface area contributed by atoms with Crippen molar-refractivity contribution in [2.45, 2.75) is 32.2 Å². The first-order valence-electron chi connectivity index (χ1n) is 5.18. The predicted molar refractivity (Wildman–Crippen MR) is 54.9 cm³/mol. The van der Waals surface area contributed by atoms with Gasteiger partial charge in [-0.3, -0.25) is 0 Å². The third kappa shape index (κ3) is 2.34. The molecule has 76 valence electrons. The molecule has 0 N–H and O–H groups in total. The second kappa shape index (κ2) is 4.58. The van der Waals surface area contributed by atoms with Crippen molar-refractivity contribution in [3.05, 3.63) is 35.9 Å². The average molecular weight is 192 g/mol. The van der Waals surface area contributed by atoms with Gasteiger partial charge in [-0.25, -0.2) is 0 Å². The summed E-state index contributed by atoms with van der Waals surface area (Å²) in [5.41, 5.74) is 1.21. The number of rotatable bonds is 3. The summed E-state index contributed by atoms with van der Waals surface area (Å²) < 4.78 is 11.2. The van der Waals surface area contributed by atoms with E-state index in [1.54, 1.807) is 0 Å². The van der Waals surface area contributed by atoms with Crippen LogP contribution in [-0.4, -0.2) is 12.9 Å². The minimum atomic E-state index is 0.00482. The van der Waals surface area contributed by atoms with Crippen LogP contribution in [0.2, 0.25) is 0 Å². The summed E-state index contributed by atoms with van der Waals surface area (Å²) in [6, 6.07) is 10.2. The predicted octanol–water partition coefficient (Wildman–Crippen LogP) is 2.90. The molecule has 1 fully saturated rings. The third-order valence-corrected chi connectivity index (χ3v) is 2.51. The molecular weight excluding hydrogens is 176 g/mol. The van der Waals surface area contributed by atoms with E-state index in [2.05, 4.69) is 19.1 Å². The van der Waals surface area contributed by atoms with Gasteiger partial charge in [-0.05, 0) is 18.9 Å². The molecule has 0 aliphatic carbocycles. The van der Waals surface area contributed by atoms with Crippen LogP contribution in [0.1, 0.15) is 31.4 Å². The van der Waals surface area contributed by atoms with E-state index in [-0.39, 0.29) is 12.4 Å².